The Morgan fingerprint density at radius 1 is 1.08 bits per heavy atom. The molecule has 1 amide bonds. The lowest BCUT2D eigenvalue weighted by Gasteiger charge is -2.24. The van der Waals surface area contributed by atoms with E-state index in [0.29, 0.717) is 21.1 Å². The molecule has 0 unspecified atom stereocenters. The molecule has 3 heterocycles. The first-order valence-corrected chi connectivity index (χ1v) is 13.8. The molecule has 2 aromatic heterocycles. The van der Waals surface area contributed by atoms with Gasteiger partial charge in [0.1, 0.15) is 17.4 Å². The number of amides is 1. The van der Waals surface area contributed by atoms with E-state index in [9.17, 15) is 14.7 Å². The maximum absolute atomic E-state index is 15.1. The molecule has 0 fully saturated rings. The van der Waals surface area contributed by atoms with Crippen molar-refractivity contribution in [2.24, 2.45) is 0 Å². The van der Waals surface area contributed by atoms with E-state index in [1.165, 1.54) is 36.0 Å². The summed E-state index contributed by atoms with van der Waals surface area (Å²) in [6, 6.07) is 21.3. The average Bonchev–Trinajstić information content (AvgIpc) is 3.65. The van der Waals surface area contributed by atoms with Gasteiger partial charge in [-0.2, -0.15) is 0 Å². The summed E-state index contributed by atoms with van der Waals surface area (Å²) in [6.45, 7) is 2.02. The fraction of sp³-hybridized carbons (Fsp3) is 0.103. The molecule has 0 saturated heterocycles. The predicted molar refractivity (Wildman–Crippen MR) is 147 cm³/mol. The number of carbonyl (C=O) groups is 2. The number of fused-ring (bicyclic) bond motifs is 1. The van der Waals surface area contributed by atoms with Gasteiger partial charge in [0, 0.05) is 16.7 Å². The van der Waals surface area contributed by atoms with Crippen molar-refractivity contribution in [2.45, 2.75) is 23.1 Å². The average molecular weight is 558 g/mol. The molecule has 0 spiro atoms. The quantitative estimate of drug-likeness (QED) is 0.133. The Morgan fingerprint density at radius 2 is 1.82 bits per heavy atom. The number of halogens is 1. The fourth-order valence-electron chi connectivity index (χ4n) is 4.44. The highest BCUT2D eigenvalue weighted by Crippen LogP contribution is 2.44. The molecule has 1 atom stereocenters. The number of nitrogens with zero attached hydrogens (tertiary/aromatic N) is 3. The second-order valence-electron chi connectivity index (χ2n) is 8.96. The lowest BCUT2D eigenvalue weighted by atomic mass is 9.95. The Kier molecular flexibility index (Phi) is 6.49. The molecule has 1 aliphatic heterocycles. The number of furan rings is 1. The van der Waals surface area contributed by atoms with Crippen molar-refractivity contribution in [1.82, 2.24) is 10.2 Å². The van der Waals surface area contributed by atoms with Crippen LogP contribution in [-0.4, -0.2) is 27.0 Å². The second-order valence-corrected chi connectivity index (χ2v) is 11.1. The maximum atomic E-state index is 15.1. The van der Waals surface area contributed by atoms with Gasteiger partial charge in [-0.25, -0.2) is 4.39 Å². The zero-order valence-electron chi connectivity index (χ0n) is 20.5. The number of aliphatic hydroxyl groups is 1. The van der Waals surface area contributed by atoms with Gasteiger partial charge in [0.2, 0.25) is 10.9 Å². The molecule has 0 aliphatic carbocycles. The topological polar surface area (TPSA) is 96.5 Å². The van der Waals surface area contributed by atoms with Gasteiger partial charge in [-0.1, -0.05) is 89.3 Å². The number of anilines is 1. The minimum absolute atomic E-state index is 0.0402. The number of benzene rings is 3. The van der Waals surface area contributed by atoms with Crippen LogP contribution in [0.2, 0.25) is 0 Å². The van der Waals surface area contributed by atoms with E-state index in [2.05, 4.69) is 10.2 Å². The van der Waals surface area contributed by atoms with E-state index in [-0.39, 0.29) is 22.0 Å². The lowest BCUT2D eigenvalue weighted by Crippen LogP contribution is -2.31. The third-order valence-corrected chi connectivity index (χ3v) is 8.51. The van der Waals surface area contributed by atoms with Gasteiger partial charge in [-0.05, 0) is 30.7 Å². The van der Waals surface area contributed by atoms with Crippen LogP contribution in [0.25, 0.3) is 11.0 Å². The number of aryl methyl sites for hydroxylation is 1. The van der Waals surface area contributed by atoms with Crippen LogP contribution in [0.3, 0.4) is 0 Å². The summed E-state index contributed by atoms with van der Waals surface area (Å²) in [5.74, 6) is -2.43. The number of carbonyl (C=O) groups excluding carboxylic acids is 2. The van der Waals surface area contributed by atoms with Crippen molar-refractivity contribution in [2.75, 3.05) is 4.90 Å². The smallest absolute Gasteiger partial charge is 0.296 e. The number of para-hydroxylation sites is 1. The van der Waals surface area contributed by atoms with Crippen LogP contribution >= 0.6 is 23.1 Å². The Labute approximate surface area is 230 Å². The number of thioether (sulfide) groups is 1. The van der Waals surface area contributed by atoms with Crippen molar-refractivity contribution in [1.29, 1.82) is 0 Å². The number of aliphatic hydroxyl groups excluding tert-OH is 1. The highest BCUT2D eigenvalue weighted by molar-refractivity contribution is 8.00. The molecule has 5 aromatic rings. The number of hydrogen-bond donors (Lipinski definition) is 1. The van der Waals surface area contributed by atoms with Crippen molar-refractivity contribution >= 4 is 50.9 Å². The lowest BCUT2D eigenvalue weighted by molar-refractivity contribution is -0.117. The van der Waals surface area contributed by atoms with E-state index in [4.69, 9.17) is 4.42 Å². The van der Waals surface area contributed by atoms with E-state index >= 15 is 4.39 Å². The zero-order chi connectivity index (χ0) is 27.1. The summed E-state index contributed by atoms with van der Waals surface area (Å²) in [7, 11) is 0. The number of hydrogen-bond acceptors (Lipinski definition) is 8. The van der Waals surface area contributed by atoms with Gasteiger partial charge in [-0.15, -0.1) is 10.2 Å². The van der Waals surface area contributed by atoms with E-state index < -0.39 is 29.3 Å². The first-order valence-electron chi connectivity index (χ1n) is 12.0. The highest BCUT2D eigenvalue weighted by atomic mass is 32.2. The van der Waals surface area contributed by atoms with Crippen molar-refractivity contribution in [3.8, 4) is 0 Å². The Bertz CT molecular complexity index is 1730. The molecule has 3 aromatic carbocycles. The van der Waals surface area contributed by atoms with Crippen LogP contribution in [0.1, 0.15) is 33.3 Å². The molecule has 0 saturated carbocycles. The molecule has 7 nitrogen and oxygen atoms in total. The molecule has 194 valence electrons. The number of aromatic nitrogens is 2. The van der Waals surface area contributed by atoms with Crippen LogP contribution < -0.4 is 4.90 Å². The van der Waals surface area contributed by atoms with E-state index in [1.807, 2.05) is 31.2 Å². The van der Waals surface area contributed by atoms with Crippen molar-refractivity contribution in [3.63, 3.8) is 0 Å². The van der Waals surface area contributed by atoms with Gasteiger partial charge in [0.15, 0.2) is 15.9 Å². The number of rotatable bonds is 7. The van der Waals surface area contributed by atoms with Gasteiger partial charge in [0.05, 0.1) is 5.57 Å². The molecule has 10 heteroatoms. The van der Waals surface area contributed by atoms with Crippen LogP contribution in [-0.2, 0) is 10.5 Å². The second kappa shape index (κ2) is 10.1. The summed E-state index contributed by atoms with van der Waals surface area (Å²) in [5.41, 5.74) is 2.49. The van der Waals surface area contributed by atoms with Gasteiger partial charge >= 0.3 is 0 Å². The highest BCUT2D eigenvalue weighted by Gasteiger charge is 2.47. The Morgan fingerprint density at radius 3 is 2.59 bits per heavy atom. The summed E-state index contributed by atoms with van der Waals surface area (Å²) in [4.78, 5) is 28.2. The fourth-order valence-corrected chi connectivity index (χ4v) is 6.26. The predicted octanol–water partition coefficient (Wildman–Crippen LogP) is 6.81. The van der Waals surface area contributed by atoms with E-state index in [1.54, 1.807) is 30.3 Å². The van der Waals surface area contributed by atoms with Gasteiger partial charge in [0.25, 0.3) is 5.91 Å². The summed E-state index contributed by atoms with van der Waals surface area (Å²) in [5, 5.41) is 20.2. The molecule has 39 heavy (non-hydrogen) atoms. The zero-order valence-corrected chi connectivity index (χ0v) is 22.1. The standard InChI is InChI=1S/C29H20FN3O4S2/c1-16-10-12-17(13-11-16)15-38-29-32-31-28(39-29)33-24(19-7-3-4-8-20(19)30)23(26(35)27(33)36)25(34)22-14-18-6-2-5-9-21(18)37-22/h2-14,24,35H,15H2,1H3/t24-/m0/s1. The van der Waals surface area contributed by atoms with Crippen LogP contribution in [0.15, 0.2) is 99.0 Å². The first kappa shape index (κ1) is 25.0. The van der Waals surface area contributed by atoms with Crippen LogP contribution in [0.5, 0.6) is 0 Å². The normalized spacial score (nSPS) is 15.5. The van der Waals surface area contributed by atoms with Crippen LogP contribution in [0.4, 0.5) is 9.52 Å². The first-order chi connectivity index (χ1) is 18.9. The number of Topliss-reactive ketones (excluding diaryl/α,β-unsaturated/α-hetero) is 1. The minimum atomic E-state index is -1.26. The molecular weight excluding hydrogens is 537 g/mol. The molecule has 1 aliphatic rings. The molecular formula is C29H20FN3O4S2. The SMILES string of the molecule is Cc1ccc(CSc2nnc(N3C(=O)C(O)=C(C(=O)c4cc5ccccc5o4)[C@@H]3c3ccccc3F)s2)cc1. The van der Waals surface area contributed by atoms with E-state index in [0.717, 1.165) is 27.4 Å². The van der Waals surface area contributed by atoms with Gasteiger partial charge < -0.3 is 9.52 Å². The van der Waals surface area contributed by atoms with Crippen molar-refractivity contribution in [3.05, 3.63) is 118 Å². The van der Waals surface area contributed by atoms with Crippen LogP contribution in [0, 0.1) is 12.7 Å². The molecule has 1 N–H and O–H groups in total. The molecule has 0 bridgehead atoms. The Balaban J connectivity index is 1.36. The summed E-state index contributed by atoms with van der Waals surface area (Å²) >= 11 is 2.57. The largest absolute Gasteiger partial charge is 0.503 e. The maximum Gasteiger partial charge on any atom is 0.296 e. The van der Waals surface area contributed by atoms with Crippen molar-refractivity contribution < 1.29 is 23.5 Å². The molecule has 6 rings (SSSR count). The Hall–Kier alpha value is -4.28. The monoisotopic (exact) mass is 557 g/mol. The number of ketones is 1. The summed E-state index contributed by atoms with van der Waals surface area (Å²) in [6.07, 6.45) is 0. The summed E-state index contributed by atoms with van der Waals surface area (Å²) < 4.78 is 21.4. The minimum Gasteiger partial charge on any atom is -0.503 e. The molecule has 0 radical (unpaired) electrons. The van der Waals surface area contributed by atoms with Gasteiger partial charge in [-0.3, -0.25) is 14.5 Å². The third kappa shape index (κ3) is 4.62. The third-order valence-electron chi connectivity index (χ3n) is 6.39.